The quantitative estimate of drug-likeness (QED) is 0.0802. The minimum Gasteiger partial charge on any atom is -0.341 e. The molecule has 22 rings (SSSR count). The lowest BCUT2D eigenvalue weighted by molar-refractivity contribution is -0.630. The van der Waals surface area contributed by atoms with Gasteiger partial charge in [0, 0.05) is 41.2 Å². The van der Waals surface area contributed by atoms with Gasteiger partial charge in [0.1, 0.15) is 42.0 Å². The smallest absolute Gasteiger partial charge is 0.341 e. The Bertz CT molecular complexity index is 6600. The Morgan fingerprint density at radius 3 is 1.68 bits per heavy atom. The zero-order valence-corrected chi connectivity index (χ0v) is 70.1. The number of rotatable bonds is 14. The van der Waals surface area contributed by atoms with Crippen LogP contribution in [0.1, 0.15) is 117 Å². The van der Waals surface area contributed by atoms with Gasteiger partial charge >= 0.3 is 6.34 Å². The van der Waals surface area contributed by atoms with Gasteiger partial charge in [-0.05, 0) is 135 Å². The second-order valence-corrected chi connectivity index (χ2v) is 32.5. The molecule has 7 aliphatic rings. The number of hydrogen-bond donors (Lipinski definition) is 0. The highest BCUT2D eigenvalue weighted by atomic mass is 15.3. The van der Waals surface area contributed by atoms with Crippen molar-refractivity contribution in [3.63, 3.8) is 0 Å². The number of benzene rings is 12. The van der Waals surface area contributed by atoms with E-state index in [-0.39, 0.29) is 24.2 Å². The average Bonchev–Trinajstić information content (AvgIpc) is 1.25. The predicted octanol–water partition coefficient (Wildman–Crippen LogP) is 24.4. The van der Waals surface area contributed by atoms with E-state index in [4.69, 9.17) is 0 Å². The van der Waals surface area contributed by atoms with E-state index in [1.54, 1.807) is 0 Å². The Kier molecular flexibility index (Phi) is 22.3. The van der Waals surface area contributed by atoms with Crippen molar-refractivity contribution < 1.29 is 22.9 Å². The Hall–Kier alpha value is -15.0. The van der Waals surface area contributed by atoms with Gasteiger partial charge in [-0.25, -0.2) is 11.6 Å². The third kappa shape index (κ3) is 15.8. The lowest BCUT2D eigenvalue weighted by Crippen LogP contribution is -2.34. The van der Waals surface area contributed by atoms with Crippen LogP contribution in [0.4, 0.5) is 11.4 Å². The second kappa shape index (κ2) is 35.2. The molecule has 0 N–H and O–H groups in total. The van der Waals surface area contributed by atoms with E-state index < -0.39 is 0 Å². The molecule has 0 saturated heterocycles. The van der Waals surface area contributed by atoms with Crippen LogP contribution in [0.2, 0.25) is 0 Å². The van der Waals surface area contributed by atoms with E-state index in [2.05, 4.69) is 536 Å². The molecule has 4 atom stereocenters. The summed E-state index contributed by atoms with van der Waals surface area (Å²) in [5.41, 5.74) is 33.1. The van der Waals surface area contributed by atoms with E-state index in [9.17, 15) is 0 Å². The Morgan fingerprint density at radius 2 is 1.02 bits per heavy atom. The van der Waals surface area contributed by atoms with Gasteiger partial charge in [-0.3, -0.25) is 9.80 Å². The number of pyridine rings is 3. The van der Waals surface area contributed by atoms with Crippen molar-refractivity contribution in [1.29, 1.82) is 0 Å². The summed E-state index contributed by atoms with van der Waals surface area (Å²) >= 11 is 0. The average molecular weight is 1590 g/mol. The van der Waals surface area contributed by atoms with Gasteiger partial charge in [-0.1, -0.05) is 353 Å². The second-order valence-electron chi connectivity index (χ2n) is 32.5. The molecule has 0 amide bonds. The first-order valence-electron chi connectivity index (χ1n) is 42.9. The van der Waals surface area contributed by atoms with Gasteiger partial charge in [-0.2, -0.15) is 41.2 Å². The molecule has 0 radical (unpaired) electrons. The number of aromatic nitrogens is 3. The molecule has 3 aromatic heterocycles. The van der Waals surface area contributed by atoms with Crippen molar-refractivity contribution in [2.75, 3.05) is 9.80 Å². The van der Waals surface area contributed by atoms with Crippen LogP contribution in [-0.4, -0.2) is 26.7 Å². The maximum absolute atomic E-state index is 2.45. The molecule has 2 aliphatic carbocycles. The number of nitrogens with zero attached hydrogens (tertiary/aromatic N) is 8. The molecule has 8 nitrogen and oxygen atoms in total. The summed E-state index contributed by atoms with van der Waals surface area (Å²) in [6.45, 7) is 16.5. The molecule has 0 bridgehead atoms. The third-order valence-electron chi connectivity index (χ3n) is 24.3. The maximum atomic E-state index is 2.45. The molecule has 4 unspecified atom stereocenters. The largest absolute Gasteiger partial charge is 0.404 e. The van der Waals surface area contributed by atoms with Gasteiger partial charge in [0.25, 0.3) is 11.7 Å². The number of allylic oxidation sites excluding steroid dienone is 9. The van der Waals surface area contributed by atoms with Crippen LogP contribution in [0.3, 0.4) is 0 Å². The number of hydrogen-bond acceptors (Lipinski definition) is 3. The maximum Gasteiger partial charge on any atom is 0.404 e. The normalized spacial score (nSPS) is 16.7. The minimum absolute atomic E-state index is 0.0509. The van der Waals surface area contributed by atoms with Gasteiger partial charge in [0.05, 0.1) is 30.0 Å². The van der Waals surface area contributed by atoms with E-state index in [1.165, 1.54) is 157 Å². The number of fused-ring (bicyclic) bond motifs is 7. The fourth-order valence-corrected chi connectivity index (χ4v) is 18.7. The third-order valence-corrected chi connectivity index (χ3v) is 24.3. The van der Waals surface area contributed by atoms with E-state index in [1.807, 2.05) is 0 Å². The van der Waals surface area contributed by atoms with Crippen LogP contribution in [0.15, 0.2) is 442 Å². The summed E-state index contributed by atoms with van der Waals surface area (Å²) in [7, 11) is 0. The zero-order chi connectivity index (χ0) is 83.1. The Morgan fingerprint density at radius 1 is 0.455 bits per heavy atom. The van der Waals surface area contributed by atoms with Crippen molar-refractivity contribution >= 4 is 40.7 Å². The molecular formula is C115H98N8. The van der Waals surface area contributed by atoms with E-state index in [0.717, 1.165) is 6.54 Å². The molecule has 8 heteroatoms. The minimum atomic E-state index is 0.0509. The van der Waals surface area contributed by atoms with E-state index in [0.29, 0.717) is 5.92 Å². The lowest BCUT2D eigenvalue weighted by atomic mass is 9.88. The van der Waals surface area contributed by atoms with Crippen molar-refractivity contribution in [2.24, 2.45) is 0 Å². The number of anilines is 2. The van der Waals surface area contributed by atoms with Gasteiger partial charge in [0.15, 0.2) is 12.5 Å². The van der Waals surface area contributed by atoms with Gasteiger partial charge in [-0.15, -0.1) is 16.7 Å². The van der Waals surface area contributed by atoms with Crippen LogP contribution in [-0.2, 0) is 6.54 Å². The summed E-state index contributed by atoms with van der Waals surface area (Å²) < 4.78 is 11.6. The highest BCUT2D eigenvalue weighted by Crippen LogP contribution is 2.48. The van der Waals surface area contributed by atoms with Crippen molar-refractivity contribution in [1.82, 2.24) is 4.90 Å². The first-order valence-corrected chi connectivity index (χ1v) is 42.9. The lowest BCUT2D eigenvalue weighted by Gasteiger charge is -2.32. The molecule has 123 heavy (non-hydrogen) atoms. The van der Waals surface area contributed by atoms with Crippen molar-refractivity contribution in [3.8, 4) is 33.4 Å². The molecule has 0 fully saturated rings. The van der Waals surface area contributed by atoms with Crippen molar-refractivity contribution in [2.45, 2.75) is 71.2 Å². The highest BCUT2D eigenvalue weighted by molar-refractivity contribution is 5.86. The summed E-state index contributed by atoms with van der Waals surface area (Å²) in [6.07, 6.45) is 30.6. The molecule has 12 aromatic carbocycles. The van der Waals surface area contributed by atoms with Crippen LogP contribution in [0.25, 0.3) is 50.0 Å². The molecule has 8 heterocycles. The topological polar surface area (TPSA) is 27.4 Å². The van der Waals surface area contributed by atoms with Gasteiger partial charge < -0.3 is 18.6 Å². The molecule has 15 aromatic rings. The first kappa shape index (κ1) is 77.9. The van der Waals surface area contributed by atoms with E-state index >= 15 is 0 Å². The fraction of sp³-hybridized carbons (Fsp3) is 0.0957. The van der Waals surface area contributed by atoms with Gasteiger partial charge in [0.2, 0.25) is 0 Å². The highest BCUT2D eigenvalue weighted by Gasteiger charge is 2.44. The summed E-state index contributed by atoms with van der Waals surface area (Å²) in [5.74, 6) is 0.507. The summed E-state index contributed by atoms with van der Waals surface area (Å²) in [4.78, 5) is 7.31. The SMILES string of the molecule is C1=C[CH-]C2=C([N+]3=C[n+]4ccccc4C3c3ccccc3-c3ccccc3)C=C[CH-]C2=C1.CC(C)c1ccc(N2C=[N+]3C(c4ccccc4)=CC=C[C-]3C2c2ccccc2-c2ccccc2)cc1.Cc1cc(C)c(N2[CH-][n+]3ccccc3C2c2ccccc2-c2ccccc2)c(C)c1.c1ccc(CN2[CH-][n+]3c(ccc4ccccc43)C2c2ccccc2)cc1. The van der Waals surface area contributed by atoms with Crippen LogP contribution in [0.5, 0.6) is 0 Å². The summed E-state index contributed by atoms with van der Waals surface area (Å²) in [6, 6.07) is 132. The molecule has 0 spiro atoms. The van der Waals surface area contributed by atoms with Crippen molar-refractivity contribution in [3.05, 3.63) is 547 Å². The predicted molar refractivity (Wildman–Crippen MR) is 502 cm³/mol. The molecular weight excluding hydrogens is 1490 g/mol. The fourth-order valence-electron chi connectivity index (χ4n) is 18.7. The summed E-state index contributed by atoms with van der Waals surface area (Å²) in [5, 5.41) is 1.26. The Labute approximate surface area is 724 Å². The van der Waals surface area contributed by atoms with Crippen LogP contribution in [0, 0.1) is 53.0 Å². The number of para-hydroxylation sites is 1. The molecule has 5 aliphatic heterocycles. The van der Waals surface area contributed by atoms with Crippen LogP contribution < -0.4 is 23.5 Å². The zero-order valence-electron chi connectivity index (χ0n) is 70.1. The van der Waals surface area contributed by atoms with Crippen LogP contribution >= 0.6 is 0 Å². The first-order chi connectivity index (χ1) is 60.6. The number of aryl methyl sites for hydroxylation is 3. The standard InChI is InChI=1S/C34H30N2.C29H22N2.C28H26N2.C24H20N2/c1-25(2)26-20-22-29(23-21-26)35-24-36-32(28-14-7-4-8-15-28)18-11-19-33(36)34(35)31-17-10-9-16-30(31)27-12-5-3-6-13-27;1-2-11-22(12-3-1)24-15-6-7-17-26(24)29-28-18-8-9-20-30(28)21-31(29)27-19-10-14-23-13-4-5-16-25(23)27;1-20-17-21(2)27(22(3)18-20)30-19-29-16-10-9-15-26(29)28(30)25-14-8-7-13-24(25)23-11-5-4-6-12-23;1-3-9-19(10-4-1)17-25-18-26-22-14-8-7-11-20(22)15-16-23(26)24(25)21-12-5-2-6-13-21/h3-25,34H,1-2H3;1-21,29H;4-19,28H,1-3H3;1-16,18,24H,17H2. The molecule has 598 valence electrons. The molecule has 0 saturated carbocycles. The monoisotopic (exact) mass is 1590 g/mol. The Balaban J connectivity index is 0.000000108.